The third-order valence-corrected chi connectivity index (χ3v) is 5.59. The summed E-state index contributed by atoms with van der Waals surface area (Å²) in [6, 6.07) is 14.3. The van der Waals surface area contributed by atoms with Crippen LogP contribution in [0.15, 0.2) is 47.0 Å². The Balaban J connectivity index is 1.58. The summed E-state index contributed by atoms with van der Waals surface area (Å²) in [6.45, 7) is 4.25. The molecule has 3 aromatic rings. The number of rotatable bonds is 4. The van der Waals surface area contributed by atoms with Crippen molar-refractivity contribution < 1.29 is 4.52 Å². The van der Waals surface area contributed by atoms with Crippen molar-refractivity contribution in [3.8, 4) is 11.5 Å². The first-order valence-electron chi connectivity index (χ1n) is 9.40. The molecule has 4 nitrogen and oxygen atoms in total. The van der Waals surface area contributed by atoms with Crippen molar-refractivity contribution in [1.29, 1.82) is 0 Å². The number of nitrogens with two attached hydrogens (primary N) is 1. The first-order valence-corrected chi connectivity index (χ1v) is 9.77. The van der Waals surface area contributed by atoms with Gasteiger partial charge in [-0.25, -0.2) is 0 Å². The molecule has 0 bridgehead atoms. The van der Waals surface area contributed by atoms with Gasteiger partial charge in [-0.3, -0.25) is 0 Å². The van der Waals surface area contributed by atoms with Gasteiger partial charge in [0, 0.05) is 22.0 Å². The van der Waals surface area contributed by atoms with Crippen LogP contribution < -0.4 is 5.73 Å². The lowest BCUT2D eigenvalue weighted by molar-refractivity contribution is 0.391. The summed E-state index contributed by atoms with van der Waals surface area (Å²) in [5, 5.41) is 5.01. The maximum Gasteiger partial charge on any atom is 0.257 e. The van der Waals surface area contributed by atoms with Crippen molar-refractivity contribution in [3.05, 3.63) is 70.0 Å². The van der Waals surface area contributed by atoms with E-state index < -0.39 is 0 Å². The van der Waals surface area contributed by atoms with Crippen LogP contribution in [0, 0.1) is 0 Å². The molecule has 2 N–H and O–H groups in total. The molecule has 1 aliphatic carbocycles. The Labute approximate surface area is 164 Å². The fourth-order valence-electron chi connectivity index (χ4n) is 3.79. The van der Waals surface area contributed by atoms with Crippen LogP contribution >= 0.6 is 11.6 Å². The SMILES string of the molecule is CC(C)(Cc1ccc(Cl)cc1)c1noc(-c2ccc3c(c2)CCCC3N)n1. The van der Waals surface area contributed by atoms with E-state index in [1.54, 1.807) is 0 Å². The topological polar surface area (TPSA) is 64.9 Å². The summed E-state index contributed by atoms with van der Waals surface area (Å²) in [4.78, 5) is 4.70. The third kappa shape index (κ3) is 3.78. The second-order valence-electron chi connectivity index (χ2n) is 8.02. The van der Waals surface area contributed by atoms with Gasteiger partial charge in [0.25, 0.3) is 5.89 Å². The van der Waals surface area contributed by atoms with Crippen molar-refractivity contribution in [2.75, 3.05) is 0 Å². The Morgan fingerprint density at radius 2 is 1.96 bits per heavy atom. The van der Waals surface area contributed by atoms with Gasteiger partial charge in [0.1, 0.15) is 0 Å². The van der Waals surface area contributed by atoms with E-state index in [9.17, 15) is 0 Å². The predicted molar refractivity (Wildman–Crippen MR) is 108 cm³/mol. The highest BCUT2D eigenvalue weighted by atomic mass is 35.5. The van der Waals surface area contributed by atoms with Crippen molar-refractivity contribution in [1.82, 2.24) is 10.1 Å². The van der Waals surface area contributed by atoms with Crippen LogP contribution in [0.3, 0.4) is 0 Å². The van der Waals surface area contributed by atoms with Gasteiger partial charge in [-0.1, -0.05) is 48.8 Å². The summed E-state index contributed by atoms with van der Waals surface area (Å²) in [5.74, 6) is 1.28. The Morgan fingerprint density at radius 3 is 2.74 bits per heavy atom. The van der Waals surface area contributed by atoms with E-state index in [2.05, 4.69) is 31.1 Å². The lowest BCUT2D eigenvalue weighted by atomic mass is 9.85. The lowest BCUT2D eigenvalue weighted by Gasteiger charge is -2.22. The number of aromatic nitrogens is 2. The van der Waals surface area contributed by atoms with Gasteiger partial charge in [-0.2, -0.15) is 4.98 Å². The minimum atomic E-state index is -0.244. The lowest BCUT2D eigenvalue weighted by Crippen LogP contribution is -2.22. The standard InChI is InChI=1S/C22H24ClN3O/c1-22(2,13-14-6-9-17(23)10-7-14)21-25-20(27-26-21)16-8-11-18-15(12-16)4-3-5-19(18)24/h6-12,19H,3-5,13,24H2,1-2H3. The molecule has 1 unspecified atom stereocenters. The Kier molecular flexibility index (Phi) is 4.79. The molecule has 0 spiro atoms. The van der Waals surface area contributed by atoms with E-state index in [1.807, 2.05) is 30.3 Å². The van der Waals surface area contributed by atoms with Crippen LogP contribution in [0.2, 0.25) is 5.02 Å². The highest BCUT2D eigenvalue weighted by Crippen LogP contribution is 2.32. The monoisotopic (exact) mass is 381 g/mol. The second kappa shape index (κ2) is 7.10. The van der Waals surface area contributed by atoms with E-state index in [4.69, 9.17) is 26.8 Å². The smallest absolute Gasteiger partial charge is 0.257 e. The molecule has 1 aliphatic rings. The number of hydrogen-bond acceptors (Lipinski definition) is 4. The predicted octanol–water partition coefficient (Wildman–Crippen LogP) is 5.25. The van der Waals surface area contributed by atoms with Crippen LogP contribution in [-0.4, -0.2) is 10.1 Å². The molecular formula is C22H24ClN3O. The fraction of sp³-hybridized carbons (Fsp3) is 0.364. The molecule has 0 saturated heterocycles. The van der Waals surface area contributed by atoms with E-state index in [1.165, 1.54) is 16.7 Å². The molecule has 0 amide bonds. The van der Waals surface area contributed by atoms with Gasteiger partial charge in [-0.05, 0) is 66.6 Å². The molecule has 1 heterocycles. The quantitative estimate of drug-likeness (QED) is 0.670. The number of nitrogens with zero attached hydrogens (tertiary/aromatic N) is 2. The average molecular weight is 382 g/mol. The van der Waals surface area contributed by atoms with Gasteiger partial charge in [0.2, 0.25) is 0 Å². The van der Waals surface area contributed by atoms with Gasteiger partial charge >= 0.3 is 0 Å². The van der Waals surface area contributed by atoms with E-state index >= 15 is 0 Å². The van der Waals surface area contributed by atoms with Gasteiger partial charge < -0.3 is 10.3 Å². The summed E-state index contributed by atoms with van der Waals surface area (Å²) in [7, 11) is 0. The van der Waals surface area contributed by atoms with Crippen molar-refractivity contribution in [2.45, 2.75) is 51.0 Å². The van der Waals surface area contributed by atoms with Gasteiger partial charge in [-0.15, -0.1) is 0 Å². The minimum absolute atomic E-state index is 0.138. The van der Waals surface area contributed by atoms with Crippen molar-refractivity contribution in [2.24, 2.45) is 5.73 Å². The molecule has 1 aromatic heterocycles. The van der Waals surface area contributed by atoms with E-state index in [0.717, 1.165) is 36.3 Å². The molecule has 27 heavy (non-hydrogen) atoms. The molecule has 4 rings (SSSR count). The zero-order valence-corrected chi connectivity index (χ0v) is 16.5. The molecule has 1 atom stereocenters. The first-order chi connectivity index (χ1) is 12.9. The molecular weight excluding hydrogens is 358 g/mol. The van der Waals surface area contributed by atoms with Crippen molar-refractivity contribution >= 4 is 11.6 Å². The average Bonchev–Trinajstić information content (AvgIpc) is 3.15. The largest absolute Gasteiger partial charge is 0.334 e. The zero-order valence-electron chi connectivity index (χ0n) is 15.7. The summed E-state index contributed by atoms with van der Waals surface area (Å²) < 4.78 is 5.60. The highest BCUT2D eigenvalue weighted by molar-refractivity contribution is 6.30. The van der Waals surface area contributed by atoms with Crippen LogP contribution in [0.1, 0.15) is 55.2 Å². The van der Waals surface area contributed by atoms with Gasteiger partial charge in [0.15, 0.2) is 5.82 Å². The highest BCUT2D eigenvalue weighted by Gasteiger charge is 2.28. The molecule has 0 fully saturated rings. The number of fused-ring (bicyclic) bond motifs is 1. The van der Waals surface area contributed by atoms with Crippen LogP contribution in [0.25, 0.3) is 11.5 Å². The van der Waals surface area contributed by atoms with Crippen molar-refractivity contribution in [3.63, 3.8) is 0 Å². The molecule has 0 saturated carbocycles. The second-order valence-corrected chi connectivity index (χ2v) is 8.46. The van der Waals surface area contributed by atoms with Crippen LogP contribution in [-0.2, 0) is 18.3 Å². The maximum absolute atomic E-state index is 6.22. The van der Waals surface area contributed by atoms with Crippen LogP contribution in [0.4, 0.5) is 0 Å². The van der Waals surface area contributed by atoms with Crippen LogP contribution in [0.5, 0.6) is 0 Å². The summed E-state index contributed by atoms with van der Waals surface area (Å²) >= 11 is 5.98. The normalized spacial score (nSPS) is 17.0. The minimum Gasteiger partial charge on any atom is -0.334 e. The number of halogens is 1. The fourth-order valence-corrected chi connectivity index (χ4v) is 3.92. The van der Waals surface area contributed by atoms with Gasteiger partial charge in [0.05, 0.1) is 0 Å². The zero-order chi connectivity index (χ0) is 19.0. The number of aryl methyl sites for hydroxylation is 1. The molecule has 2 aromatic carbocycles. The number of hydrogen-bond donors (Lipinski definition) is 1. The molecule has 5 heteroatoms. The Morgan fingerprint density at radius 1 is 1.19 bits per heavy atom. The Bertz CT molecular complexity index is 946. The first kappa shape index (κ1) is 18.2. The van der Waals surface area contributed by atoms with E-state index in [0.29, 0.717) is 11.7 Å². The molecule has 0 aliphatic heterocycles. The third-order valence-electron chi connectivity index (χ3n) is 5.34. The summed E-state index contributed by atoms with van der Waals surface area (Å²) in [5.41, 5.74) is 10.7. The summed E-state index contributed by atoms with van der Waals surface area (Å²) in [6.07, 6.45) is 4.04. The Hall–Kier alpha value is -2.17. The maximum atomic E-state index is 6.22. The molecule has 0 radical (unpaired) electrons. The molecule has 140 valence electrons. The number of benzene rings is 2. The van der Waals surface area contributed by atoms with E-state index in [-0.39, 0.29) is 11.5 Å².